The summed E-state index contributed by atoms with van der Waals surface area (Å²) in [6.45, 7) is 2.57. The van der Waals surface area contributed by atoms with Crippen LogP contribution in [0.3, 0.4) is 0 Å². The Morgan fingerprint density at radius 3 is 1.68 bits per heavy atom. The van der Waals surface area contributed by atoms with Gasteiger partial charge in [-0.05, 0) is 6.42 Å². The summed E-state index contributed by atoms with van der Waals surface area (Å²) in [5.41, 5.74) is 7.14. The molecule has 0 saturated carbocycles. The number of carbonyl (C=O) groups excluding carboxylic acids is 2. The van der Waals surface area contributed by atoms with Gasteiger partial charge in [-0.3, -0.25) is 9.59 Å². The molecule has 0 unspecified atom stereocenters. The second-order valence-electron chi connectivity index (χ2n) is 6.64. The van der Waals surface area contributed by atoms with E-state index < -0.39 is 0 Å². The Balaban J connectivity index is 1.80. The summed E-state index contributed by atoms with van der Waals surface area (Å²) in [6.07, 6.45) is 0.600. The minimum Gasteiger partial charge on any atom is -0.329 e. The molecule has 1 heterocycles. The van der Waals surface area contributed by atoms with Crippen LogP contribution in [0.25, 0.3) is 0 Å². The number of nitrogens with zero attached hydrogens (tertiary/aromatic N) is 1. The molecule has 2 aromatic carbocycles. The number of hydrogen-bond acceptors (Lipinski definition) is 4. The molecular formula is C21H24N2O2. The smallest absolute Gasteiger partial charge is 0.167 e. The number of ketones is 2. The first-order valence-electron chi connectivity index (χ1n) is 8.80. The zero-order valence-corrected chi connectivity index (χ0v) is 14.3. The predicted molar refractivity (Wildman–Crippen MR) is 98.6 cm³/mol. The van der Waals surface area contributed by atoms with Crippen LogP contribution in [0.2, 0.25) is 0 Å². The molecule has 1 saturated heterocycles. The number of Topliss-reactive ketones (excluding diaryl/α,β-unsaturated/α-hetero) is 2. The van der Waals surface area contributed by atoms with Crippen molar-refractivity contribution >= 4 is 11.6 Å². The van der Waals surface area contributed by atoms with E-state index in [0.29, 0.717) is 43.7 Å². The van der Waals surface area contributed by atoms with Gasteiger partial charge in [0.25, 0.3) is 0 Å². The van der Waals surface area contributed by atoms with Gasteiger partial charge < -0.3 is 10.6 Å². The Morgan fingerprint density at radius 1 is 0.840 bits per heavy atom. The molecule has 0 radical (unpaired) electrons. The first kappa shape index (κ1) is 17.5. The third-order valence-electron chi connectivity index (χ3n) is 4.83. The van der Waals surface area contributed by atoms with E-state index >= 15 is 0 Å². The van der Waals surface area contributed by atoms with Gasteiger partial charge in [0.05, 0.1) is 0 Å². The zero-order chi connectivity index (χ0) is 17.6. The quantitative estimate of drug-likeness (QED) is 0.824. The van der Waals surface area contributed by atoms with Crippen LogP contribution in [-0.2, 0) is 0 Å². The molecule has 2 aromatic rings. The summed E-state index contributed by atoms with van der Waals surface area (Å²) < 4.78 is 0. The fraction of sp³-hybridized carbons (Fsp3) is 0.333. The van der Waals surface area contributed by atoms with E-state index in [1.807, 2.05) is 60.7 Å². The normalized spacial score (nSPS) is 21.0. The number of carbonyl (C=O) groups is 2. The highest BCUT2D eigenvalue weighted by Gasteiger charge is 2.35. The molecule has 1 aliphatic rings. The van der Waals surface area contributed by atoms with Crippen molar-refractivity contribution in [2.75, 3.05) is 26.2 Å². The predicted octanol–water partition coefficient (Wildman–Crippen LogP) is 2.65. The fourth-order valence-electron chi connectivity index (χ4n) is 3.61. The summed E-state index contributed by atoms with van der Waals surface area (Å²) in [6, 6.07) is 18.7. The third-order valence-corrected chi connectivity index (χ3v) is 4.83. The molecule has 0 amide bonds. The largest absolute Gasteiger partial charge is 0.329 e. The van der Waals surface area contributed by atoms with Crippen molar-refractivity contribution in [3.8, 4) is 0 Å². The van der Waals surface area contributed by atoms with E-state index in [-0.39, 0.29) is 23.4 Å². The fourth-order valence-corrected chi connectivity index (χ4v) is 3.61. The van der Waals surface area contributed by atoms with E-state index in [9.17, 15) is 9.59 Å². The second kappa shape index (κ2) is 8.19. The number of nitrogens with two attached hydrogens (primary N) is 1. The number of hydrogen-bond donors (Lipinski definition) is 1. The first-order valence-corrected chi connectivity index (χ1v) is 8.80. The van der Waals surface area contributed by atoms with Gasteiger partial charge in [-0.15, -0.1) is 0 Å². The maximum atomic E-state index is 12.9. The van der Waals surface area contributed by atoms with Crippen LogP contribution in [0.15, 0.2) is 60.7 Å². The van der Waals surface area contributed by atoms with E-state index in [0.717, 1.165) is 0 Å². The average Bonchev–Trinajstić information content (AvgIpc) is 2.68. The van der Waals surface area contributed by atoms with Crippen LogP contribution in [0.4, 0.5) is 0 Å². The molecule has 0 bridgehead atoms. The monoisotopic (exact) mass is 336 g/mol. The molecule has 130 valence electrons. The van der Waals surface area contributed by atoms with Crippen molar-refractivity contribution in [2.24, 2.45) is 17.6 Å². The highest BCUT2D eigenvalue weighted by Crippen LogP contribution is 2.27. The average molecular weight is 336 g/mol. The van der Waals surface area contributed by atoms with E-state index in [1.54, 1.807) is 0 Å². The number of likely N-dealkylation sites (tertiary alicyclic amines) is 1. The number of benzene rings is 2. The Morgan fingerprint density at radius 2 is 1.28 bits per heavy atom. The Bertz CT molecular complexity index is 656. The van der Waals surface area contributed by atoms with Gasteiger partial charge in [0.1, 0.15) is 0 Å². The topological polar surface area (TPSA) is 63.4 Å². The van der Waals surface area contributed by atoms with Crippen LogP contribution in [0.1, 0.15) is 27.1 Å². The van der Waals surface area contributed by atoms with Crippen LogP contribution in [-0.4, -0.2) is 42.6 Å². The number of rotatable bonds is 6. The van der Waals surface area contributed by atoms with Crippen LogP contribution in [0.5, 0.6) is 0 Å². The van der Waals surface area contributed by atoms with Gasteiger partial charge in [0.15, 0.2) is 11.6 Å². The first-order chi connectivity index (χ1) is 12.2. The summed E-state index contributed by atoms with van der Waals surface area (Å²) in [7, 11) is 0. The highest BCUT2D eigenvalue weighted by molar-refractivity contribution is 6.00. The van der Waals surface area contributed by atoms with Gasteiger partial charge in [0, 0.05) is 49.1 Å². The van der Waals surface area contributed by atoms with Crippen molar-refractivity contribution in [3.05, 3.63) is 71.8 Å². The summed E-state index contributed by atoms with van der Waals surface area (Å²) >= 11 is 0. The lowest BCUT2D eigenvalue weighted by atomic mass is 9.81. The lowest BCUT2D eigenvalue weighted by molar-refractivity contribution is 0.0656. The van der Waals surface area contributed by atoms with Crippen molar-refractivity contribution in [1.82, 2.24) is 4.90 Å². The Labute approximate surface area is 148 Å². The van der Waals surface area contributed by atoms with Gasteiger partial charge in [-0.2, -0.15) is 0 Å². The minimum atomic E-state index is -0.166. The minimum absolute atomic E-state index is 0.119. The molecule has 0 aliphatic carbocycles. The SMILES string of the molecule is NCCN1C[C@H](C(=O)c2ccccc2)C[C@@H](C(=O)c2ccccc2)C1. The van der Waals surface area contributed by atoms with E-state index in [2.05, 4.69) is 4.90 Å². The van der Waals surface area contributed by atoms with Crippen LogP contribution >= 0.6 is 0 Å². The molecule has 2 N–H and O–H groups in total. The molecule has 0 spiro atoms. The lowest BCUT2D eigenvalue weighted by Gasteiger charge is -2.36. The molecular weight excluding hydrogens is 312 g/mol. The molecule has 4 nitrogen and oxygen atoms in total. The van der Waals surface area contributed by atoms with E-state index in [1.165, 1.54) is 0 Å². The lowest BCUT2D eigenvalue weighted by Crippen LogP contribution is -2.47. The maximum Gasteiger partial charge on any atom is 0.167 e. The van der Waals surface area contributed by atoms with Crippen molar-refractivity contribution in [3.63, 3.8) is 0 Å². The summed E-state index contributed by atoms with van der Waals surface area (Å²) in [4.78, 5) is 27.9. The molecule has 25 heavy (non-hydrogen) atoms. The van der Waals surface area contributed by atoms with Crippen molar-refractivity contribution in [2.45, 2.75) is 6.42 Å². The second-order valence-corrected chi connectivity index (χ2v) is 6.64. The standard InChI is InChI=1S/C21H24N2O2/c22-11-12-23-14-18(20(24)16-7-3-1-4-8-16)13-19(15-23)21(25)17-9-5-2-6-10-17/h1-10,18-19H,11-15,22H2/t18-,19-/m1/s1. The Hall–Kier alpha value is -2.30. The third kappa shape index (κ3) is 4.21. The molecule has 3 rings (SSSR count). The van der Waals surface area contributed by atoms with Crippen LogP contribution in [0, 0.1) is 11.8 Å². The van der Waals surface area contributed by atoms with E-state index in [4.69, 9.17) is 5.73 Å². The van der Waals surface area contributed by atoms with Gasteiger partial charge >= 0.3 is 0 Å². The van der Waals surface area contributed by atoms with Gasteiger partial charge in [-0.25, -0.2) is 0 Å². The summed E-state index contributed by atoms with van der Waals surface area (Å²) in [5.74, 6) is -0.0953. The molecule has 0 aromatic heterocycles. The van der Waals surface area contributed by atoms with Crippen LogP contribution < -0.4 is 5.73 Å². The molecule has 2 atom stereocenters. The Kier molecular flexibility index (Phi) is 5.74. The van der Waals surface area contributed by atoms with Crippen molar-refractivity contribution < 1.29 is 9.59 Å². The molecule has 1 aliphatic heterocycles. The van der Waals surface area contributed by atoms with Gasteiger partial charge in [-0.1, -0.05) is 60.7 Å². The van der Waals surface area contributed by atoms with Gasteiger partial charge in [0.2, 0.25) is 0 Å². The number of piperidine rings is 1. The van der Waals surface area contributed by atoms with Crippen molar-refractivity contribution in [1.29, 1.82) is 0 Å². The highest BCUT2D eigenvalue weighted by atomic mass is 16.1. The zero-order valence-electron chi connectivity index (χ0n) is 14.3. The molecule has 4 heteroatoms. The maximum absolute atomic E-state index is 12.9. The summed E-state index contributed by atoms with van der Waals surface area (Å²) in [5, 5.41) is 0. The molecule has 1 fully saturated rings.